The molecule has 0 spiro atoms. The molecule has 1 rings (SSSR count). The molecule has 3 nitrogen and oxygen atoms in total. The number of nitrogens with zero attached hydrogens (tertiary/aromatic N) is 1. The Morgan fingerprint density at radius 3 is 2.75 bits per heavy atom. The summed E-state index contributed by atoms with van der Waals surface area (Å²) in [5.74, 6) is 0. The molecule has 0 aliphatic rings. The molecule has 0 saturated carbocycles. The van der Waals surface area contributed by atoms with Crippen LogP contribution < -0.4 is 5.73 Å². The Bertz CT molecular complexity index is 344. The van der Waals surface area contributed by atoms with E-state index in [1.54, 1.807) is 7.11 Å². The van der Waals surface area contributed by atoms with Crippen LogP contribution in [0.4, 0.5) is 5.69 Å². The van der Waals surface area contributed by atoms with E-state index in [0.29, 0.717) is 6.04 Å². The van der Waals surface area contributed by atoms with Gasteiger partial charge in [0.25, 0.3) is 0 Å². The first kappa shape index (κ1) is 13.5. The number of anilines is 1. The fourth-order valence-electron chi connectivity index (χ4n) is 1.50. The van der Waals surface area contributed by atoms with E-state index in [1.807, 2.05) is 12.1 Å². The molecule has 0 fully saturated rings. The number of hydrogen-bond acceptors (Lipinski definition) is 3. The van der Waals surface area contributed by atoms with Gasteiger partial charge in [0, 0.05) is 29.9 Å². The Kier molecular flexibility index (Phi) is 5.25. The van der Waals surface area contributed by atoms with E-state index in [0.717, 1.165) is 23.3 Å². The zero-order chi connectivity index (χ0) is 12.1. The van der Waals surface area contributed by atoms with Crippen molar-refractivity contribution in [3.63, 3.8) is 0 Å². The Morgan fingerprint density at radius 1 is 1.50 bits per heavy atom. The number of halogens is 1. The van der Waals surface area contributed by atoms with Gasteiger partial charge in [-0.2, -0.15) is 0 Å². The molecule has 0 aliphatic heterocycles. The first-order valence-electron chi connectivity index (χ1n) is 5.27. The van der Waals surface area contributed by atoms with Crippen LogP contribution >= 0.6 is 15.9 Å². The molecular weight excluding hydrogens is 268 g/mol. The minimum atomic E-state index is 0.398. The van der Waals surface area contributed by atoms with Crippen molar-refractivity contribution in [2.24, 2.45) is 0 Å². The van der Waals surface area contributed by atoms with Gasteiger partial charge < -0.3 is 10.5 Å². The molecule has 0 bridgehead atoms. The largest absolute Gasteiger partial charge is 0.398 e. The Labute approximate surface area is 106 Å². The van der Waals surface area contributed by atoms with Gasteiger partial charge in [-0.3, -0.25) is 4.90 Å². The van der Waals surface area contributed by atoms with Gasteiger partial charge in [0.2, 0.25) is 0 Å². The summed E-state index contributed by atoms with van der Waals surface area (Å²) in [6.07, 6.45) is 0. The number of ether oxygens (including phenoxy) is 1. The van der Waals surface area contributed by atoms with E-state index in [-0.39, 0.29) is 0 Å². The minimum Gasteiger partial charge on any atom is -0.398 e. The van der Waals surface area contributed by atoms with Crippen LogP contribution in [-0.4, -0.2) is 31.7 Å². The monoisotopic (exact) mass is 286 g/mol. The maximum atomic E-state index is 5.84. The predicted molar refractivity (Wildman–Crippen MR) is 71.4 cm³/mol. The van der Waals surface area contributed by atoms with Crippen molar-refractivity contribution in [1.82, 2.24) is 4.90 Å². The molecule has 2 N–H and O–H groups in total. The molecule has 1 aromatic rings. The van der Waals surface area contributed by atoms with Crippen molar-refractivity contribution in [1.29, 1.82) is 0 Å². The Hall–Kier alpha value is -0.580. The SMILES string of the molecule is COCC(C)N(C)Cc1ccc(Br)c(N)c1. The predicted octanol–water partition coefficient (Wildman–Crippen LogP) is 2.50. The first-order valence-corrected chi connectivity index (χ1v) is 6.07. The van der Waals surface area contributed by atoms with Crippen molar-refractivity contribution >= 4 is 21.6 Å². The lowest BCUT2D eigenvalue weighted by atomic mass is 10.2. The van der Waals surface area contributed by atoms with Crippen LogP contribution in [-0.2, 0) is 11.3 Å². The lowest BCUT2D eigenvalue weighted by Gasteiger charge is -2.24. The second-order valence-corrected chi connectivity index (χ2v) is 4.93. The van der Waals surface area contributed by atoms with E-state index in [1.165, 1.54) is 5.56 Å². The maximum Gasteiger partial charge on any atom is 0.0615 e. The van der Waals surface area contributed by atoms with Gasteiger partial charge in [-0.1, -0.05) is 6.07 Å². The highest BCUT2D eigenvalue weighted by atomic mass is 79.9. The minimum absolute atomic E-state index is 0.398. The number of likely N-dealkylation sites (N-methyl/N-ethyl adjacent to an activating group) is 1. The van der Waals surface area contributed by atoms with Crippen molar-refractivity contribution < 1.29 is 4.74 Å². The molecule has 0 saturated heterocycles. The van der Waals surface area contributed by atoms with E-state index >= 15 is 0 Å². The topological polar surface area (TPSA) is 38.5 Å². The lowest BCUT2D eigenvalue weighted by molar-refractivity contribution is 0.112. The van der Waals surface area contributed by atoms with E-state index in [2.05, 4.69) is 40.9 Å². The highest BCUT2D eigenvalue weighted by Crippen LogP contribution is 2.21. The summed E-state index contributed by atoms with van der Waals surface area (Å²) >= 11 is 3.39. The molecule has 1 aromatic carbocycles. The fraction of sp³-hybridized carbons (Fsp3) is 0.500. The van der Waals surface area contributed by atoms with Gasteiger partial charge >= 0.3 is 0 Å². The maximum absolute atomic E-state index is 5.84. The average molecular weight is 287 g/mol. The van der Waals surface area contributed by atoms with Gasteiger partial charge in [-0.15, -0.1) is 0 Å². The van der Waals surface area contributed by atoms with Gasteiger partial charge in [0.1, 0.15) is 0 Å². The summed E-state index contributed by atoms with van der Waals surface area (Å²) in [7, 11) is 3.81. The number of methoxy groups -OCH3 is 1. The zero-order valence-electron chi connectivity index (χ0n) is 10.0. The molecule has 0 heterocycles. The van der Waals surface area contributed by atoms with Gasteiger partial charge in [0.15, 0.2) is 0 Å². The normalized spacial score (nSPS) is 13.1. The molecule has 1 unspecified atom stereocenters. The van der Waals surface area contributed by atoms with Crippen LogP contribution in [0.2, 0.25) is 0 Å². The van der Waals surface area contributed by atoms with Crippen LogP contribution in [0.5, 0.6) is 0 Å². The third kappa shape index (κ3) is 3.77. The Morgan fingerprint density at radius 2 is 2.19 bits per heavy atom. The summed E-state index contributed by atoms with van der Waals surface area (Å²) in [6.45, 7) is 3.76. The second kappa shape index (κ2) is 6.23. The van der Waals surface area contributed by atoms with E-state index in [4.69, 9.17) is 10.5 Å². The summed E-state index contributed by atoms with van der Waals surface area (Å²) in [4.78, 5) is 2.24. The Balaban J connectivity index is 2.62. The van der Waals surface area contributed by atoms with Crippen LogP contribution in [0.1, 0.15) is 12.5 Å². The standard InChI is InChI=1S/C12H19BrN2O/c1-9(8-16-3)15(2)7-10-4-5-11(13)12(14)6-10/h4-6,9H,7-8,14H2,1-3H3. The number of hydrogen-bond donors (Lipinski definition) is 1. The molecular formula is C12H19BrN2O. The summed E-state index contributed by atoms with van der Waals surface area (Å²) < 4.78 is 6.08. The summed E-state index contributed by atoms with van der Waals surface area (Å²) in [5.41, 5.74) is 7.84. The first-order chi connectivity index (χ1) is 7.54. The van der Waals surface area contributed by atoms with Gasteiger partial charge in [-0.05, 0) is 47.6 Å². The van der Waals surface area contributed by atoms with E-state index in [9.17, 15) is 0 Å². The number of rotatable bonds is 5. The molecule has 0 amide bonds. The fourth-order valence-corrected chi connectivity index (χ4v) is 1.75. The number of benzene rings is 1. The molecule has 16 heavy (non-hydrogen) atoms. The van der Waals surface area contributed by atoms with Crippen LogP contribution in [0.25, 0.3) is 0 Å². The summed E-state index contributed by atoms with van der Waals surface area (Å²) in [6, 6.07) is 6.46. The van der Waals surface area contributed by atoms with Crippen LogP contribution in [0.3, 0.4) is 0 Å². The van der Waals surface area contributed by atoms with Crippen molar-refractivity contribution in [2.75, 3.05) is 26.5 Å². The third-order valence-corrected chi connectivity index (χ3v) is 3.37. The van der Waals surface area contributed by atoms with E-state index < -0.39 is 0 Å². The molecule has 90 valence electrons. The highest BCUT2D eigenvalue weighted by Gasteiger charge is 2.09. The third-order valence-electron chi connectivity index (χ3n) is 2.65. The molecule has 0 aromatic heterocycles. The van der Waals surface area contributed by atoms with Crippen molar-refractivity contribution in [3.05, 3.63) is 28.2 Å². The smallest absolute Gasteiger partial charge is 0.0615 e. The molecule has 1 atom stereocenters. The zero-order valence-corrected chi connectivity index (χ0v) is 11.6. The second-order valence-electron chi connectivity index (χ2n) is 4.08. The quantitative estimate of drug-likeness (QED) is 0.846. The lowest BCUT2D eigenvalue weighted by Crippen LogP contribution is -2.32. The highest BCUT2D eigenvalue weighted by molar-refractivity contribution is 9.10. The van der Waals surface area contributed by atoms with Gasteiger partial charge in [0.05, 0.1) is 6.61 Å². The van der Waals surface area contributed by atoms with Crippen molar-refractivity contribution in [3.8, 4) is 0 Å². The van der Waals surface area contributed by atoms with Gasteiger partial charge in [-0.25, -0.2) is 0 Å². The number of nitrogen functional groups attached to an aromatic ring is 1. The summed E-state index contributed by atoms with van der Waals surface area (Å²) in [5, 5.41) is 0. The number of nitrogens with two attached hydrogens (primary N) is 1. The molecule has 4 heteroatoms. The van der Waals surface area contributed by atoms with Crippen LogP contribution in [0, 0.1) is 0 Å². The van der Waals surface area contributed by atoms with Crippen LogP contribution in [0.15, 0.2) is 22.7 Å². The average Bonchev–Trinajstić information content (AvgIpc) is 2.24. The molecule has 0 aliphatic carbocycles. The van der Waals surface area contributed by atoms with Crippen molar-refractivity contribution in [2.45, 2.75) is 19.5 Å². The molecule has 0 radical (unpaired) electrons.